The summed E-state index contributed by atoms with van der Waals surface area (Å²) >= 11 is 1.15. The predicted octanol–water partition coefficient (Wildman–Crippen LogP) is 1.69. The molecule has 1 N–H and O–H groups in total. The number of carbonyl (C=O) groups excluding carboxylic acids is 2. The van der Waals surface area contributed by atoms with Gasteiger partial charge in [-0.15, -0.1) is 11.3 Å². The molecule has 166 valence electrons. The van der Waals surface area contributed by atoms with Gasteiger partial charge in [0.05, 0.1) is 6.54 Å². The molecule has 10 heteroatoms. The van der Waals surface area contributed by atoms with Crippen LogP contribution in [0.5, 0.6) is 0 Å². The number of thiophene rings is 1. The van der Waals surface area contributed by atoms with E-state index in [1.165, 1.54) is 4.31 Å². The Bertz CT molecular complexity index is 1020. The summed E-state index contributed by atoms with van der Waals surface area (Å²) in [5.41, 5.74) is 0.558. The van der Waals surface area contributed by atoms with E-state index < -0.39 is 10.0 Å². The van der Waals surface area contributed by atoms with Crippen molar-refractivity contribution in [3.63, 3.8) is 0 Å². The number of ether oxygens (including phenoxy) is 1. The van der Waals surface area contributed by atoms with E-state index in [4.69, 9.17) is 4.74 Å². The highest BCUT2D eigenvalue weighted by atomic mass is 32.2. The van der Waals surface area contributed by atoms with E-state index in [0.29, 0.717) is 25.3 Å². The second kappa shape index (κ2) is 9.47. The minimum Gasteiger partial charge on any atom is -0.368 e. The molecular weight excluding hydrogens is 438 g/mol. The first-order valence-corrected chi connectivity index (χ1v) is 12.5. The molecule has 2 aliphatic rings. The first kappa shape index (κ1) is 21.9. The minimum absolute atomic E-state index is 0.0397. The van der Waals surface area contributed by atoms with Crippen LogP contribution in [0.25, 0.3) is 0 Å². The average Bonchev–Trinajstić information content (AvgIpc) is 3.50. The van der Waals surface area contributed by atoms with Crippen LogP contribution in [0.1, 0.15) is 28.1 Å². The SMILES string of the molecule is O=C(NCc1ccc(S(=O)(=O)N2CCN(C(=O)[C@H]3CCCO3)CC2)s1)c1ccccc1. The Morgan fingerprint density at radius 2 is 1.81 bits per heavy atom. The largest absolute Gasteiger partial charge is 0.368 e. The van der Waals surface area contributed by atoms with Gasteiger partial charge in [0, 0.05) is 43.2 Å². The molecule has 1 atom stereocenters. The first-order valence-electron chi connectivity index (χ1n) is 10.3. The van der Waals surface area contributed by atoms with E-state index in [2.05, 4.69) is 5.32 Å². The first-order chi connectivity index (χ1) is 14.9. The number of hydrogen-bond acceptors (Lipinski definition) is 6. The molecule has 2 aliphatic heterocycles. The van der Waals surface area contributed by atoms with Crippen LogP contribution < -0.4 is 5.32 Å². The highest BCUT2D eigenvalue weighted by Crippen LogP contribution is 2.26. The van der Waals surface area contributed by atoms with E-state index >= 15 is 0 Å². The molecule has 2 fully saturated rings. The summed E-state index contributed by atoms with van der Waals surface area (Å²) in [6, 6.07) is 12.2. The van der Waals surface area contributed by atoms with Crippen LogP contribution in [0, 0.1) is 0 Å². The number of amides is 2. The Kier molecular flexibility index (Phi) is 6.71. The summed E-state index contributed by atoms with van der Waals surface area (Å²) in [5, 5.41) is 2.81. The van der Waals surface area contributed by atoms with Gasteiger partial charge in [-0.05, 0) is 37.1 Å². The Balaban J connectivity index is 1.32. The fourth-order valence-corrected chi connectivity index (χ4v) is 6.58. The van der Waals surface area contributed by atoms with Gasteiger partial charge in [0.2, 0.25) is 0 Å². The zero-order valence-electron chi connectivity index (χ0n) is 17.0. The maximum absolute atomic E-state index is 13.0. The molecule has 0 aliphatic carbocycles. The lowest BCUT2D eigenvalue weighted by Crippen LogP contribution is -2.52. The Hall–Kier alpha value is -2.27. The molecule has 4 rings (SSSR count). The number of hydrogen-bond donors (Lipinski definition) is 1. The summed E-state index contributed by atoms with van der Waals surface area (Å²) in [7, 11) is -3.63. The van der Waals surface area contributed by atoms with Gasteiger partial charge < -0.3 is 15.0 Å². The molecule has 0 bridgehead atoms. The summed E-state index contributed by atoms with van der Waals surface area (Å²) in [5.74, 6) is -0.243. The molecule has 0 radical (unpaired) electrons. The molecule has 2 aromatic rings. The van der Waals surface area contributed by atoms with E-state index in [9.17, 15) is 18.0 Å². The molecule has 1 aromatic heterocycles. The molecule has 0 saturated carbocycles. The highest BCUT2D eigenvalue weighted by molar-refractivity contribution is 7.91. The van der Waals surface area contributed by atoms with Crippen molar-refractivity contribution in [2.75, 3.05) is 32.8 Å². The average molecular weight is 464 g/mol. The molecule has 0 unspecified atom stereocenters. The minimum atomic E-state index is -3.63. The van der Waals surface area contributed by atoms with Gasteiger partial charge in [0.1, 0.15) is 10.3 Å². The Morgan fingerprint density at radius 3 is 2.48 bits per heavy atom. The van der Waals surface area contributed by atoms with Crippen LogP contribution in [0.4, 0.5) is 0 Å². The van der Waals surface area contributed by atoms with Crippen molar-refractivity contribution in [3.05, 3.63) is 52.9 Å². The van der Waals surface area contributed by atoms with Crippen molar-refractivity contribution in [2.45, 2.75) is 29.7 Å². The van der Waals surface area contributed by atoms with Gasteiger partial charge >= 0.3 is 0 Å². The van der Waals surface area contributed by atoms with Gasteiger partial charge in [-0.25, -0.2) is 8.42 Å². The highest BCUT2D eigenvalue weighted by Gasteiger charge is 2.34. The van der Waals surface area contributed by atoms with Crippen molar-refractivity contribution >= 4 is 33.2 Å². The molecule has 2 saturated heterocycles. The number of piperazine rings is 1. The number of carbonyl (C=O) groups is 2. The third kappa shape index (κ3) is 4.98. The van der Waals surface area contributed by atoms with Gasteiger partial charge in [-0.3, -0.25) is 9.59 Å². The maximum atomic E-state index is 13.0. The van der Waals surface area contributed by atoms with Crippen molar-refractivity contribution in [1.82, 2.24) is 14.5 Å². The predicted molar refractivity (Wildman–Crippen MR) is 116 cm³/mol. The van der Waals surface area contributed by atoms with E-state index in [-0.39, 0.29) is 41.8 Å². The van der Waals surface area contributed by atoms with Crippen molar-refractivity contribution in [2.24, 2.45) is 0 Å². The molecule has 2 amide bonds. The lowest BCUT2D eigenvalue weighted by Gasteiger charge is -2.34. The quantitative estimate of drug-likeness (QED) is 0.703. The lowest BCUT2D eigenvalue weighted by molar-refractivity contribution is -0.142. The molecule has 8 nitrogen and oxygen atoms in total. The fraction of sp³-hybridized carbons (Fsp3) is 0.429. The topological polar surface area (TPSA) is 96.0 Å². The van der Waals surface area contributed by atoms with Crippen LogP contribution in [0.3, 0.4) is 0 Å². The number of nitrogens with one attached hydrogen (secondary N) is 1. The van der Waals surface area contributed by atoms with Gasteiger partial charge in [0.15, 0.2) is 0 Å². The van der Waals surface area contributed by atoms with Crippen molar-refractivity contribution in [3.8, 4) is 0 Å². The molecular formula is C21H25N3O5S2. The Labute approximate surface area is 185 Å². The van der Waals surface area contributed by atoms with Gasteiger partial charge in [-0.2, -0.15) is 4.31 Å². The van der Waals surface area contributed by atoms with Gasteiger partial charge in [0.25, 0.3) is 21.8 Å². The smallest absolute Gasteiger partial charge is 0.252 e. The Morgan fingerprint density at radius 1 is 1.06 bits per heavy atom. The zero-order valence-corrected chi connectivity index (χ0v) is 18.7. The summed E-state index contributed by atoms with van der Waals surface area (Å²) < 4.78 is 33.1. The summed E-state index contributed by atoms with van der Waals surface area (Å²) in [6.45, 7) is 2.12. The van der Waals surface area contributed by atoms with E-state index in [1.807, 2.05) is 6.07 Å². The second-order valence-electron chi connectivity index (χ2n) is 7.50. The number of sulfonamides is 1. The zero-order chi connectivity index (χ0) is 21.8. The van der Waals surface area contributed by atoms with Crippen LogP contribution in [0.15, 0.2) is 46.7 Å². The molecule has 31 heavy (non-hydrogen) atoms. The maximum Gasteiger partial charge on any atom is 0.252 e. The standard InChI is InChI=1S/C21H25N3O5S2/c25-20(16-5-2-1-3-6-16)22-15-17-8-9-19(30-17)31(27,28)24-12-10-23(11-13-24)21(26)18-7-4-14-29-18/h1-3,5-6,8-9,18H,4,7,10-15H2,(H,22,25)/t18-/m1/s1. The summed E-state index contributed by atoms with van der Waals surface area (Å²) in [6.07, 6.45) is 1.24. The van der Waals surface area contributed by atoms with Gasteiger partial charge in [-0.1, -0.05) is 18.2 Å². The number of rotatable bonds is 6. The number of benzene rings is 1. The van der Waals surface area contributed by atoms with E-state index in [0.717, 1.165) is 29.1 Å². The fourth-order valence-electron chi connectivity index (χ4n) is 3.70. The summed E-state index contributed by atoms with van der Waals surface area (Å²) in [4.78, 5) is 27.1. The van der Waals surface area contributed by atoms with Crippen molar-refractivity contribution in [1.29, 1.82) is 0 Å². The molecule has 1 aromatic carbocycles. The lowest BCUT2D eigenvalue weighted by atomic mass is 10.2. The molecule has 0 spiro atoms. The van der Waals surface area contributed by atoms with E-state index in [1.54, 1.807) is 41.3 Å². The molecule has 3 heterocycles. The normalized spacial score (nSPS) is 20.0. The number of nitrogens with zero attached hydrogens (tertiary/aromatic N) is 2. The van der Waals surface area contributed by atoms with Crippen LogP contribution in [0.2, 0.25) is 0 Å². The van der Waals surface area contributed by atoms with Crippen molar-refractivity contribution < 1.29 is 22.7 Å². The monoisotopic (exact) mass is 463 g/mol. The van der Waals surface area contributed by atoms with Crippen LogP contribution in [-0.2, 0) is 26.1 Å². The van der Waals surface area contributed by atoms with Crippen LogP contribution in [-0.4, -0.2) is 68.3 Å². The third-order valence-electron chi connectivity index (χ3n) is 5.45. The van der Waals surface area contributed by atoms with Crippen LogP contribution >= 0.6 is 11.3 Å². The third-order valence-corrected chi connectivity index (χ3v) is 8.90. The second-order valence-corrected chi connectivity index (χ2v) is 10.8.